The number of carbonyl (C=O) groups is 1. The number of aromatic nitrogens is 1. The quantitative estimate of drug-likeness (QED) is 0.337. The Bertz CT molecular complexity index is 1410. The van der Waals surface area contributed by atoms with E-state index in [4.69, 9.17) is 4.74 Å². The molecule has 0 saturated heterocycles. The number of fused-ring (bicyclic) bond motifs is 3. The number of hydrogen-bond donors (Lipinski definition) is 1. The van der Waals surface area contributed by atoms with Crippen LogP contribution < -0.4 is 4.72 Å². The molecule has 0 aliphatic heterocycles. The van der Waals surface area contributed by atoms with Gasteiger partial charge >= 0.3 is 5.97 Å². The predicted octanol–water partition coefficient (Wildman–Crippen LogP) is 4.33. The fourth-order valence-corrected chi connectivity index (χ4v) is 4.09. The zero-order valence-corrected chi connectivity index (χ0v) is 18.3. The molecular formula is C25H22N2O4S. The smallest absolute Gasteiger partial charge is 0.321 e. The summed E-state index contributed by atoms with van der Waals surface area (Å²) < 4.78 is 31.8. The Morgan fingerprint density at radius 1 is 0.938 bits per heavy atom. The summed E-state index contributed by atoms with van der Waals surface area (Å²) in [5.41, 5.74) is 3.26. The number of nitrogens with one attached hydrogen (secondary N) is 1. The summed E-state index contributed by atoms with van der Waals surface area (Å²) in [6.45, 7) is 1.44. The number of esters is 1. The minimum atomic E-state index is -3.78. The van der Waals surface area contributed by atoms with Crippen molar-refractivity contribution in [1.29, 1.82) is 0 Å². The highest BCUT2D eigenvalue weighted by Gasteiger charge is 2.13. The van der Waals surface area contributed by atoms with Gasteiger partial charge in [-0.25, -0.2) is 18.1 Å². The number of para-hydroxylation sites is 1. The van der Waals surface area contributed by atoms with Gasteiger partial charge in [0.05, 0.1) is 11.2 Å². The predicted molar refractivity (Wildman–Crippen MR) is 126 cm³/mol. The van der Waals surface area contributed by atoms with E-state index in [0.717, 1.165) is 38.2 Å². The van der Waals surface area contributed by atoms with Crippen molar-refractivity contribution in [1.82, 2.24) is 9.71 Å². The molecule has 0 unspecified atom stereocenters. The van der Waals surface area contributed by atoms with E-state index in [1.807, 2.05) is 79.7 Å². The molecule has 3 aromatic carbocycles. The summed E-state index contributed by atoms with van der Waals surface area (Å²) in [4.78, 5) is 16.8. The third-order valence-corrected chi connectivity index (χ3v) is 6.03. The van der Waals surface area contributed by atoms with Crippen LogP contribution in [0.2, 0.25) is 0 Å². The Morgan fingerprint density at radius 3 is 2.34 bits per heavy atom. The summed E-state index contributed by atoms with van der Waals surface area (Å²) in [5.74, 6) is -0.684. The van der Waals surface area contributed by atoms with Crippen molar-refractivity contribution in [3.8, 4) is 0 Å². The largest absolute Gasteiger partial charge is 0.458 e. The van der Waals surface area contributed by atoms with Crippen LogP contribution in [0.4, 0.5) is 0 Å². The Hall–Kier alpha value is -3.55. The van der Waals surface area contributed by atoms with E-state index in [1.165, 1.54) is 6.08 Å². The Labute approximate surface area is 186 Å². The number of benzene rings is 3. The molecule has 162 valence electrons. The lowest BCUT2D eigenvalue weighted by molar-refractivity contribution is -0.143. The summed E-state index contributed by atoms with van der Waals surface area (Å²) >= 11 is 0. The number of aryl methyl sites for hydroxylation is 1. The van der Waals surface area contributed by atoms with Crippen LogP contribution in [0.3, 0.4) is 0 Å². The highest BCUT2D eigenvalue weighted by molar-refractivity contribution is 7.92. The SMILES string of the molecule is Cc1ccc(C=CS(=O)(=O)NCC(=O)OCc2nc3ccccc3c3ccccc23)cc1. The molecular weight excluding hydrogens is 424 g/mol. The topological polar surface area (TPSA) is 85.4 Å². The zero-order chi connectivity index (χ0) is 22.6. The number of carbonyl (C=O) groups excluding carboxylic acids is 1. The third kappa shape index (κ3) is 5.19. The first-order valence-electron chi connectivity index (χ1n) is 10.1. The Balaban J connectivity index is 1.40. The summed E-state index contributed by atoms with van der Waals surface area (Å²) in [6, 6.07) is 22.9. The fraction of sp³-hybridized carbons (Fsp3) is 0.120. The first-order chi connectivity index (χ1) is 15.4. The van der Waals surface area contributed by atoms with Gasteiger partial charge in [-0.15, -0.1) is 0 Å². The van der Waals surface area contributed by atoms with Crippen molar-refractivity contribution in [3.05, 3.63) is 95.0 Å². The summed E-state index contributed by atoms with van der Waals surface area (Å²) in [5, 5.41) is 3.96. The van der Waals surface area contributed by atoms with Crippen LogP contribution in [0.1, 0.15) is 16.8 Å². The standard InChI is InChI=1S/C25H22N2O4S/c1-18-10-12-19(13-11-18)14-15-32(29,30)26-16-25(28)31-17-24-22-8-3-2-6-20(22)21-7-4-5-9-23(21)27-24/h2-15,26H,16-17H2,1H3. The maximum Gasteiger partial charge on any atom is 0.321 e. The van der Waals surface area contributed by atoms with E-state index < -0.39 is 22.5 Å². The molecule has 32 heavy (non-hydrogen) atoms. The number of hydrogen-bond acceptors (Lipinski definition) is 5. The molecule has 0 saturated carbocycles. The monoisotopic (exact) mass is 446 g/mol. The lowest BCUT2D eigenvalue weighted by atomic mass is 10.0. The van der Waals surface area contributed by atoms with Gasteiger partial charge in [-0.05, 0) is 30.0 Å². The van der Waals surface area contributed by atoms with E-state index in [-0.39, 0.29) is 6.61 Å². The summed E-state index contributed by atoms with van der Waals surface area (Å²) in [6.07, 6.45) is 1.47. The van der Waals surface area contributed by atoms with Crippen LogP contribution in [-0.4, -0.2) is 25.9 Å². The van der Waals surface area contributed by atoms with Crippen LogP contribution in [0.5, 0.6) is 0 Å². The first-order valence-corrected chi connectivity index (χ1v) is 11.6. The molecule has 6 nitrogen and oxygen atoms in total. The minimum absolute atomic E-state index is 0.0505. The van der Waals surface area contributed by atoms with Crippen LogP contribution in [0.25, 0.3) is 27.8 Å². The van der Waals surface area contributed by atoms with Crippen molar-refractivity contribution in [2.24, 2.45) is 0 Å². The molecule has 0 aliphatic carbocycles. The molecule has 4 aromatic rings. The molecule has 0 bridgehead atoms. The van der Waals surface area contributed by atoms with Crippen LogP contribution in [0.15, 0.2) is 78.2 Å². The molecule has 0 aliphatic rings. The van der Waals surface area contributed by atoms with Crippen molar-refractivity contribution in [2.45, 2.75) is 13.5 Å². The molecule has 1 N–H and O–H groups in total. The average molecular weight is 447 g/mol. The van der Waals surface area contributed by atoms with Crippen molar-refractivity contribution in [3.63, 3.8) is 0 Å². The van der Waals surface area contributed by atoms with Crippen molar-refractivity contribution < 1.29 is 17.9 Å². The van der Waals surface area contributed by atoms with E-state index in [9.17, 15) is 13.2 Å². The van der Waals surface area contributed by atoms with Gasteiger partial charge in [0, 0.05) is 16.2 Å². The van der Waals surface area contributed by atoms with Crippen molar-refractivity contribution >= 4 is 43.7 Å². The maximum atomic E-state index is 12.2. The number of nitrogens with zero attached hydrogens (tertiary/aromatic N) is 1. The average Bonchev–Trinajstić information content (AvgIpc) is 2.81. The van der Waals surface area contributed by atoms with E-state index in [1.54, 1.807) is 0 Å². The minimum Gasteiger partial charge on any atom is -0.458 e. The lowest BCUT2D eigenvalue weighted by Crippen LogP contribution is -2.29. The number of ether oxygens (including phenoxy) is 1. The molecule has 4 rings (SSSR count). The Morgan fingerprint density at radius 2 is 1.59 bits per heavy atom. The Kier molecular flexibility index (Phi) is 6.30. The van der Waals surface area contributed by atoms with E-state index in [0.29, 0.717) is 5.69 Å². The lowest BCUT2D eigenvalue weighted by Gasteiger charge is -2.10. The molecule has 0 atom stereocenters. The highest BCUT2D eigenvalue weighted by atomic mass is 32.2. The number of sulfonamides is 1. The normalized spacial score (nSPS) is 11.9. The van der Waals surface area contributed by atoms with Gasteiger partial charge in [0.15, 0.2) is 0 Å². The van der Waals surface area contributed by atoms with Gasteiger partial charge < -0.3 is 4.74 Å². The second-order valence-corrected chi connectivity index (χ2v) is 9.01. The van der Waals surface area contributed by atoms with Gasteiger partial charge in [-0.2, -0.15) is 0 Å². The van der Waals surface area contributed by atoms with Crippen molar-refractivity contribution in [2.75, 3.05) is 6.54 Å². The van der Waals surface area contributed by atoms with Gasteiger partial charge in [-0.1, -0.05) is 72.3 Å². The second-order valence-electron chi connectivity index (χ2n) is 7.36. The van der Waals surface area contributed by atoms with Gasteiger partial charge in [0.25, 0.3) is 0 Å². The van der Waals surface area contributed by atoms with Gasteiger partial charge in [0.2, 0.25) is 10.0 Å². The molecule has 0 amide bonds. The van der Waals surface area contributed by atoms with Crippen LogP contribution in [0, 0.1) is 6.92 Å². The fourth-order valence-electron chi connectivity index (χ4n) is 3.34. The molecule has 1 aromatic heterocycles. The van der Waals surface area contributed by atoms with E-state index >= 15 is 0 Å². The molecule has 0 spiro atoms. The third-order valence-electron chi connectivity index (χ3n) is 4.99. The number of rotatable bonds is 7. The van der Waals surface area contributed by atoms with Gasteiger partial charge in [-0.3, -0.25) is 4.79 Å². The first kappa shape index (κ1) is 21.7. The van der Waals surface area contributed by atoms with E-state index in [2.05, 4.69) is 9.71 Å². The molecule has 7 heteroatoms. The van der Waals surface area contributed by atoms with Crippen LogP contribution in [-0.2, 0) is 26.2 Å². The second kappa shape index (κ2) is 9.30. The van der Waals surface area contributed by atoms with Gasteiger partial charge in [0.1, 0.15) is 13.2 Å². The highest BCUT2D eigenvalue weighted by Crippen LogP contribution is 2.26. The molecule has 1 heterocycles. The number of pyridine rings is 1. The molecule has 0 radical (unpaired) electrons. The zero-order valence-electron chi connectivity index (χ0n) is 17.5. The molecule has 0 fully saturated rings. The summed E-state index contributed by atoms with van der Waals surface area (Å²) in [7, 11) is -3.78. The maximum absolute atomic E-state index is 12.2. The van der Waals surface area contributed by atoms with Crippen LogP contribution >= 0.6 is 0 Å².